The van der Waals surface area contributed by atoms with Crippen molar-refractivity contribution in [3.63, 3.8) is 0 Å². The van der Waals surface area contributed by atoms with Crippen molar-refractivity contribution in [1.82, 2.24) is 0 Å². The molecule has 0 atom stereocenters. The molecule has 0 unspecified atom stereocenters. The Morgan fingerprint density at radius 3 is 2.12 bits per heavy atom. The summed E-state index contributed by atoms with van der Waals surface area (Å²) < 4.78 is 11.1. The summed E-state index contributed by atoms with van der Waals surface area (Å²) in [5, 5.41) is 1.55. The van der Waals surface area contributed by atoms with E-state index in [1.165, 1.54) is 6.07 Å². The van der Waals surface area contributed by atoms with Crippen molar-refractivity contribution in [3.05, 3.63) is 42.5 Å². The summed E-state index contributed by atoms with van der Waals surface area (Å²) in [5.74, 6) is 0. The Bertz CT molecular complexity index is 527. The molecule has 0 aliphatic heterocycles. The van der Waals surface area contributed by atoms with Gasteiger partial charge in [-0.25, -0.2) is 0 Å². The van der Waals surface area contributed by atoms with Crippen molar-refractivity contribution in [2.75, 3.05) is 0 Å². The van der Waals surface area contributed by atoms with E-state index in [1.807, 2.05) is 25.0 Å². The van der Waals surface area contributed by atoms with Gasteiger partial charge in [0.1, 0.15) is 6.79 Å². The highest BCUT2D eigenvalue weighted by Crippen LogP contribution is 2.36. The molecular weight excluding hydrogens is 227 g/mol. The Hall–Kier alpha value is -1.48. The molecule has 0 spiro atoms. The first-order valence-corrected chi connectivity index (χ1v) is 6.03. The molecule has 0 amide bonds. The number of carbonyl (C=O) groups excluding carboxylic acids is 1. The first kappa shape index (κ1) is 12.6. The molecule has 0 saturated heterocycles. The zero-order valence-corrected chi connectivity index (χ0v) is 9.30. The lowest BCUT2D eigenvalue weighted by Gasteiger charge is -2.07. The minimum atomic E-state index is -4.16. The third kappa shape index (κ3) is 2.55. The summed E-state index contributed by atoms with van der Waals surface area (Å²) in [4.78, 5) is 26.2. The van der Waals surface area contributed by atoms with E-state index in [1.54, 1.807) is 18.2 Å². The van der Waals surface area contributed by atoms with Gasteiger partial charge in [-0.3, -0.25) is 4.57 Å². The van der Waals surface area contributed by atoms with E-state index in [-0.39, 0.29) is 5.30 Å². The number of rotatable bonds is 1. The highest BCUT2D eigenvalue weighted by Gasteiger charge is 2.19. The van der Waals surface area contributed by atoms with Gasteiger partial charge in [0, 0.05) is 0 Å². The zero-order chi connectivity index (χ0) is 12.2. The molecule has 2 aromatic rings. The molecule has 0 aliphatic carbocycles. The van der Waals surface area contributed by atoms with E-state index >= 15 is 0 Å². The minimum absolute atomic E-state index is 0.0931. The smallest absolute Gasteiger partial charge is 0.321 e. The monoisotopic (exact) mass is 238 g/mol. The lowest BCUT2D eigenvalue weighted by atomic mass is 10.1. The molecule has 2 rings (SSSR count). The highest BCUT2D eigenvalue weighted by atomic mass is 31.2. The van der Waals surface area contributed by atoms with Gasteiger partial charge in [-0.1, -0.05) is 36.4 Å². The molecular formula is C11H11O4P. The second-order valence-corrected chi connectivity index (χ2v) is 4.61. The molecule has 0 fully saturated rings. The van der Waals surface area contributed by atoms with Gasteiger partial charge in [0.15, 0.2) is 0 Å². The number of benzene rings is 2. The second-order valence-electron chi connectivity index (χ2n) is 3.04. The molecule has 5 heteroatoms. The van der Waals surface area contributed by atoms with Crippen LogP contribution >= 0.6 is 7.60 Å². The lowest BCUT2D eigenvalue weighted by Crippen LogP contribution is -2.04. The van der Waals surface area contributed by atoms with Crippen molar-refractivity contribution in [2.24, 2.45) is 0 Å². The van der Waals surface area contributed by atoms with Crippen molar-refractivity contribution < 1.29 is 19.1 Å². The third-order valence-electron chi connectivity index (χ3n) is 2.08. The summed E-state index contributed by atoms with van der Waals surface area (Å²) in [6, 6.07) is 12.1. The topological polar surface area (TPSA) is 74.6 Å². The predicted octanol–water partition coefficient (Wildman–Crippen LogP) is 1.46. The molecule has 0 heterocycles. The van der Waals surface area contributed by atoms with E-state index in [9.17, 15) is 4.57 Å². The van der Waals surface area contributed by atoms with Crippen LogP contribution in [0.15, 0.2) is 42.5 Å². The number of fused-ring (bicyclic) bond motifs is 1. The Balaban J connectivity index is 0.000000606. The van der Waals surface area contributed by atoms with Crippen molar-refractivity contribution >= 4 is 30.5 Å². The Kier molecular flexibility index (Phi) is 3.96. The first-order valence-electron chi connectivity index (χ1n) is 4.42. The number of hydrogen-bond donors (Lipinski definition) is 2. The Morgan fingerprint density at radius 2 is 1.50 bits per heavy atom. The van der Waals surface area contributed by atoms with Gasteiger partial charge >= 0.3 is 7.60 Å². The van der Waals surface area contributed by atoms with Gasteiger partial charge in [0.2, 0.25) is 0 Å². The van der Waals surface area contributed by atoms with Crippen LogP contribution in [0.5, 0.6) is 0 Å². The fourth-order valence-electron chi connectivity index (χ4n) is 1.46. The SMILES string of the molecule is C=O.O=P(O)(O)c1cccc2ccccc12. The largest absolute Gasteiger partial charge is 0.356 e. The Morgan fingerprint density at radius 1 is 0.938 bits per heavy atom. The van der Waals surface area contributed by atoms with Crippen LogP contribution in [-0.4, -0.2) is 16.6 Å². The van der Waals surface area contributed by atoms with Crippen LogP contribution in [0.1, 0.15) is 0 Å². The van der Waals surface area contributed by atoms with Gasteiger partial charge in [-0.05, 0) is 16.8 Å². The van der Waals surface area contributed by atoms with Crippen molar-refractivity contribution in [3.8, 4) is 0 Å². The fourth-order valence-corrected chi connectivity index (χ4v) is 2.26. The molecule has 0 saturated carbocycles. The maximum absolute atomic E-state index is 11.1. The standard InChI is InChI=1S/C10H9O3P.CH2O/c11-14(12,13)10-7-3-5-8-4-1-2-6-9(8)10;1-2/h1-7H,(H2,11,12,13);1H2. The van der Waals surface area contributed by atoms with E-state index in [2.05, 4.69) is 0 Å². The van der Waals surface area contributed by atoms with Crippen LogP contribution in [0.3, 0.4) is 0 Å². The molecule has 0 radical (unpaired) electrons. The average Bonchev–Trinajstić information content (AvgIpc) is 2.30. The quantitative estimate of drug-likeness (QED) is 0.737. The molecule has 2 N–H and O–H groups in total. The molecule has 0 aliphatic rings. The van der Waals surface area contributed by atoms with Crippen LogP contribution in [0, 0.1) is 0 Å². The molecule has 2 aromatic carbocycles. The van der Waals surface area contributed by atoms with Crippen LogP contribution in [-0.2, 0) is 9.36 Å². The molecule has 84 valence electrons. The molecule has 4 nitrogen and oxygen atoms in total. The van der Waals surface area contributed by atoms with E-state index in [0.717, 1.165) is 5.39 Å². The van der Waals surface area contributed by atoms with Gasteiger partial charge < -0.3 is 14.6 Å². The maximum atomic E-state index is 11.1. The predicted molar refractivity (Wildman–Crippen MR) is 62.7 cm³/mol. The number of carbonyl (C=O) groups is 1. The summed E-state index contributed by atoms with van der Waals surface area (Å²) in [7, 11) is -4.16. The van der Waals surface area contributed by atoms with E-state index in [4.69, 9.17) is 14.6 Å². The number of hydrogen-bond acceptors (Lipinski definition) is 2. The van der Waals surface area contributed by atoms with E-state index in [0.29, 0.717) is 5.39 Å². The van der Waals surface area contributed by atoms with Crippen LogP contribution in [0.2, 0.25) is 0 Å². The van der Waals surface area contributed by atoms with E-state index < -0.39 is 7.60 Å². The minimum Gasteiger partial charge on any atom is -0.321 e. The van der Waals surface area contributed by atoms with Crippen LogP contribution in [0.4, 0.5) is 0 Å². The maximum Gasteiger partial charge on any atom is 0.356 e. The van der Waals surface area contributed by atoms with Crippen molar-refractivity contribution in [2.45, 2.75) is 0 Å². The average molecular weight is 238 g/mol. The summed E-state index contributed by atoms with van der Waals surface area (Å²) in [5.41, 5.74) is 0. The van der Waals surface area contributed by atoms with Gasteiger partial charge in [0.05, 0.1) is 5.30 Å². The molecule has 0 aromatic heterocycles. The van der Waals surface area contributed by atoms with Crippen LogP contribution in [0.25, 0.3) is 10.8 Å². The van der Waals surface area contributed by atoms with Gasteiger partial charge in [-0.2, -0.15) is 0 Å². The first-order chi connectivity index (χ1) is 7.59. The summed E-state index contributed by atoms with van der Waals surface area (Å²) in [6.07, 6.45) is 0. The molecule has 16 heavy (non-hydrogen) atoms. The van der Waals surface area contributed by atoms with Crippen LogP contribution < -0.4 is 5.30 Å². The second kappa shape index (κ2) is 5.03. The lowest BCUT2D eigenvalue weighted by molar-refractivity contribution is -0.0979. The third-order valence-corrected chi connectivity index (χ3v) is 3.10. The summed E-state index contributed by atoms with van der Waals surface area (Å²) >= 11 is 0. The normalized spacial score (nSPS) is 10.6. The van der Waals surface area contributed by atoms with Gasteiger partial charge in [0.25, 0.3) is 0 Å². The highest BCUT2D eigenvalue weighted by molar-refractivity contribution is 7.60. The van der Waals surface area contributed by atoms with Gasteiger partial charge in [-0.15, -0.1) is 0 Å². The zero-order valence-electron chi connectivity index (χ0n) is 8.41. The Labute approximate surface area is 92.7 Å². The molecule has 0 bridgehead atoms. The fraction of sp³-hybridized carbons (Fsp3) is 0. The van der Waals surface area contributed by atoms with Crippen molar-refractivity contribution in [1.29, 1.82) is 0 Å². The summed E-state index contributed by atoms with van der Waals surface area (Å²) in [6.45, 7) is 2.00.